The number of nitrogens with zero attached hydrogens (tertiary/aromatic N) is 1. The minimum Gasteiger partial charge on any atom is -0.258 e. The summed E-state index contributed by atoms with van der Waals surface area (Å²) in [6.07, 6.45) is 2.39. The van der Waals surface area contributed by atoms with Gasteiger partial charge in [-0.15, -0.1) is 0 Å². The van der Waals surface area contributed by atoms with Crippen LogP contribution in [0, 0.1) is 10.1 Å². The number of hydrogen-bond acceptors (Lipinski definition) is 4. The second-order valence-corrected chi connectivity index (χ2v) is 7.39. The van der Waals surface area contributed by atoms with E-state index >= 15 is 0 Å². The zero-order valence-electron chi connectivity index (χ0n) is 9.72. The Morgan fingerprint density at radius 2 is 2.06 bits per heavy atom. The van der Waals surface area contributed by atoms with Crippen molar-refractivity contribution in [2.75, 3.05) is 6.26 Å². The number of rotatable bonds is 4. The summed E-state index contributed by atoms with van der Waals surface area (Å²) in [5, 5.41) is 11.2. The Morgan fingerprint density at radius 3 is 2.44 bits per heavy atom. The fourth-order valence-corrected chi connectivity index (χ4v) is 3.99. The van der Waals surface area contributed by atoms with Gasteiger partial charge in [0.05, 0.1) is 9.67 Å². The topological polar surface area (TPSA) is 77.3 Å². The van der Waals surface area contributed by atoms with E-state index in [1.165, 1.54) is 12.3 Å². The van der Waals surface area contributed by atoms with E-state index in [0.29, 0.717) is 29.3 Å². The van der Waals surface area contributed by atoms with Crippen LogP contribution in [0.1, 0.15) is 24.0 Å². The minimum atomic E-state index is -3.19. The highest BCUT2D eigenvalue weighted by molar-refractivity contribution is 9.08. The molecule has 1 aromatic carbocycles. The summed E-state index contributed by atoms with van der Waals surface area (Å²) in [6, 6.07) is 4.57. The molecule has 0 aliphatic heterocycles. The van der Waals surface area contributed by atoms with Crippen molar-refractivity contribution in [1.29, 1.82) is 0 Å². The van der Waals surface area contributed by atoms with Gasteiger partial charge < -0.3 is 0 Å². The largest absolute Gasteiger partial charge is 0.273 e. The summed E-state index contributed by atoms with van der Waals surface area (Å²) in [4.78, 5) is 10.4. The van der Waals surface area contributed by atoms with Gasteiger partial charge in [0.25, 0.3) is 5.69 Å². The van der Waals surface area contributed by atoms with Crippen molar-refractivity contribution in [3.63, 3.8) is 0 Å². The highest BCUT2D eigenvalue weighted by Crippen LogP contribution is 2.52. The van der Waals surface area contributed by atoms with E-state index in [1.807, 2.05) is 0 Å². The quantitative estimate of drug-likeness (QED) is 0.482. The number of hydrogen-bond donors (Lipinski definition) is 0. The lowest BCUT2D eigenvalue weighted by Gasteiger charge is -2.14. The fourth-order valence-electron chi connectivity index (χ4n) is 2.14. The number of benzene rings is 1. The van der Waals surface area contributed by atoms with Gasteiger partial charge in [0.15, 0.2) is 9.84 Å². The molecule has 2 rings (SSSR count). The van der Waals surface area contributed by atoms with Crippen LogP contribution in [0.3, 0.4) is 0 Å². The molecule has 1 fully saturated rings. The summed E-state index contributed by atoms with van der Waals surface area (Å²) < 4.78 is 22.8. The van der Waals surface area contributed by atoms with Crippen LogP contribution in [0.15, 0.2) is 18.2 Å². The van der Waals surface area contributed by atoms with E-state index in [9.17, 15) is 18.5 Å². The van der Waals surface area contributed by atoms with Gasteiger partial charge in [0, 0.05) is 23.2 Å². The van der Waals surface area contributed by atoms with Crippen molar-refractivity contribution >= 4 is 31.5 Å². The van der Waals surface area contributed by atoms with Crippen LogP contribution in [-0.4, -0.2) is 19.6 Å². The summed E-state index contributed by atoms with van der Waals surface area (Å²) in [7, 11) is -3.19. The van der Waals surface area contributed by atoms with E-state index in [2.05, 4.69) is 15.9 Å². The lowest BCUT2D eigenvalue weighted by atomic mass is 10.1. The summed E-state index contributed by atoms with van der Waals surface area (Å²) >= 11 is 3.19. The molecule has 0 spiro atoms. The summed E-state index contributed by atoms with van der Waals surface area (Å²) in [6.45, 7) is 0. The highest BCUT2D eigenvalue weighted by atomic mass is 79.9. The molecule has 5 nitrogen and oxygen atoms in total. The zero-order valence-corrected chi connectivity index (χ0v) is 12.1. The van der Waals surface area contributed by atoms with Crippen LogP contribution in [0.5, 0.6) is 0 Å². The highest BCUT2D eigenvalue weighted by Gasteiger charge is 2.53. The van der Waals surface area contributed by atoms with Gasteiger partial charge in [0.1, 0.15) is 0 Å². The standard InChI is InChI=1S/C11H12BrNO4S/c1-18(16,17)11(4-5-11)9-2-3-10(13(14)15)8(6-9)7-12/h2-3,6H,4-5,7H2,1H3. The molecule has 0 radical (unpaired) electrons. The molecule has 0 atom stereocenters. The third kappa shape index (κ3) is 2.05. The Labute approximate surface area is 113 Å². The molecule has 98 valence electrons. The third-order valence-corrected chi connectivity index (χ3v) is 6.03. The van der Waals surface area contributed by atoms with Crippen LogP contribution >= 0.6 is 15.9 Å². The zero-order chi connectivity index (χ0) is 13.6. The maximum atomic E-state index is 11.8. The van der Waals surface area contributed by atoms with Crippen molar-refractivity contribution in [2.45, 2.75) is 22.9 Å². The molecule has 0 aromatic heterocycles. The third-order valence-electron chi connectivity index (χ3n) is 3.36. The van der Waals surface area contributed by atoms with Crippen LogP contribution < -0.4 is 0 Å². The smallest absolute Gasteiger partial charge is 0.258 e. The Bertz CT molecular complexity index is 607. The molecule has 1 aliphatic rings. The lowest BCUT2D eigenvalue weighted by molar-refractivity contribution is -0.385. The molecule has 0 N–H and O–H groups in total. The van der Waals surface area contributed by atoms with Crippen LogP contribution in [-0.2, 0) is 19.9 Å². The van der Waals surface area contributed by atoms with Crippen LogP contribution in [0.4, 0.5) is 5.69 Å². The second-order valence-electron chi connectivity index (χ2n) is 4.50. The number of nitro groups is 1. The van der Waals surface area contributed by atoms with Gasteiger partial charge >= 0.3 is 0 Å². The molecule has 1 saturated carbocycles. The first-order valence-electron chi connectivity index (χ1n) is 5.35. The number of nitro benzene ring substituents is 1. The van der Waals surface area contributed by atoms with E-state index in [-0.39, 0.29) is 5.69 Å². The molecule has 0 amide bonds. The summed E-state index contributed by atoms with van der Waals surface area (Å²) in [5.74, 6) is 0. The van der Waals surface area contributed by atoms with Gasteiger partial charge in [-0.3, -0.25) is 10.1 Å². The SMILES string of the molecule is CS(=O)(=O)C1(c2ccc([N+](=O)[O-])c(CBr)c2)CC1. The molecular formula is C11H12BrNO4S. The van der Waals surface area contributed by atoms with E-state index < -0.39 is 19.5 Å². The Kier molecular flexibility index (Phi) is 3.23. The molecule has 0 saturated heterocycles. The molecule has 0 bridgehead atoms. The summed E-state index contributed by atoms with van der Waals surface area (Å²) in [5.41, 5.74) is 1.18. The van der Waals surface area contributed by atoms with Gasteiger partial charge in [-0.2, -0.15) is 0 Å². The fraction of sp³-hybridized carbons (Fsp3) is 0.455. The van der Waals surface area contributed by atoms with Crippen molar-refractivity contribution in [3.05, 3.63) is 39.4 Å². The van der Waals surface area contributed by atoms with Crippen molar-refractivity contribution in [2.24, 2.45) is 0 Å². The molecule has 1 aliphatic carbocycles. The van der Waals surface area contributed by atoms with Crippen LogP contribution in [0.2, 0.25) is 0 Å². The lowest BCUT2D eigenvalue weighted by Crippen LogP contribution is -2.19. The predicted molar refractivity (Wildman–Crippen MR) is 71.5 cm³/mol. The predicted octanol–water partition coefficient (Wildman–Crippen LogP) is 2.52. The Hall–Kier alpha value is -0.950. The molecule has 0 unspecified atom stereocenters. The number of alkyl halides is 1. The maximum Gasteiger partial charge on any atom is 0.273 e. The van der Waals surface area contributed by atoms with Gasteiger partial charge in [-0.1, -0.05) is 22.0 Å². The normalized spacial score (nSPS) is 17.4. The maximum absolute atomic E-state index is 11.8. The van der Waals surface area contributed by atoms with Crippen molar-refractivity contribution in [3.8, 4) is 0 Å². The minimum absolute atomic E-state index is 0.0138. The Balaban J connectivity index is 2.53. The first-order valence-corrected chi connectivity index (χ1v) is 8.36. The first kappa shape index (κ1) is 13.5. The van der Waals surface area contributed by atoms with Gasteiger partial charge in [0.2, 0.25) is 0 Å². The average molecular weight is 334 g/mol. The average Bonchev–Trinajstić information content (AvgIpc) is 3.08. The number of halogens is 1. The first-order chi connectivity index (χ1) is 8.32. The second kappa shape index (κ2) is 4.31. The number of sulfone groups is 1. The van der Waals surface area contributed by atoms with Gasteiger partial charge in [-0.25, -0.2) is 8.42 Å². The van der Waals surface area contributed by atoms with Crippen molar-refractivity contribution < 1.29 is 13.3 Å². The molecule has 18 heavy (non-hydrogen) atoms. The van der Waals surface area contributed by atoms with E-state index in [0.717, 1.165) is 0 Å². The monoisotopic (exact) mass is 333 g/mol. The molecule has 1 aromatic rings. The van der Waals surface area contributed by atoms with Gasteiger partial charge in [-0.05, 0) is 24.5 Å². The molecule has 7 heteroatoms. The van der Waals surface area contributed by atoms with E-state index in [4.69, 9.17) is 0 Å². The van der Waals surface area contributed by atoms with Crippen LogP contribution in [0.25, 0.3) is 0 Å². The van der Waals surface area contributed by atoms with E-state index in [1.54, 1.807) is 12.1 Å². The Morgan fingerprint density at radius 1 is 1.44 bits per heavy atom. The molecule has 0 heterocycles. The van der Waals surface area contributed by atoms with Crippen molar-refractivity contribution in [1.82, 2.24) is 0 Å². The molecular weight excluding hydrogens is 322 g/mol.